The lowest BCUT2D eigenvalue weighted by Crippen LogP contribution is -1.97. The van der Waals surface area contributed by atoms with Gasteiger partial charge in [-0.05, 0) is 11.4 Å². The maximum absolute atomic E-state index is 5.93. The Hall–Kier alpha value is -2.51. The quantitative estimate of drug-likeness (QED) is 0.588. The van der Waals surface area contributed by atoms with Crippen molar-refractivity contribution in [3.05, 3.63) is 40.4 Å². The largest absolute Gasteiger partial charge is 0.384 e. The van der Waals surface area contributed by atoms with Gasteiger partial charge in [0.1, 0.15) is 16.5 Å². The molecule has 4 aromatic heterocycles. The summed E-state index contributed by atoms with van der Waals surface area (Å²) in [6.45, 7) is 0. The van der Waals surface area contributed by atoms with Gasteiger partial charge in [-0.1, -0.05) is 11.6 Å². The summed E-state index contributed by atoms with van der Waals surface area (Å²) < 4.78 is 0. The van der Waals surface area contributed by atoms with Crippen LogP contribution < -0.4 is 5.73 Å². The Morgan fingerprint density at radius 2 is 2.14 bits per heavy atom. The maximum Gasteiger partial charge on any atom is 0.165 e. The highest BCUT2D eigenvalue weighted by atomic mass is 35.5. The highest BCUT2D eigenvalue weighted by molar-refractivity contribution is 7.08. The topological polar surface area (TPSA) is 93.4 Å². The molecule has 4 heterocycles. The number of fused-ring (bicyclic) bond motifs is 1. The van der Waals surface area contributed by atoms with Gasteiger partial charge in [0.2, 0.25) is 0 Å². The van der Waals surface area contributed by atoms with Crippen LogP contribution in [0, 0.1) is 0 Å². The molecular weight excluding hydrogens is 320 g/mol. The Balaban J connectivity index is 1.93. The average Bonchev–Trinajstić information content (AvgIpc) is 3.16. The third-order valence-corrected chi connectivity index (χ3v) is 4.02. The van der Waals surface area contributed by atoms with Crippen molar-refractivity contribution in [1.29, 1.82) is 0 Å². The average molecular weight is 329 g/mol. The minimum absolute atomic E-state index is 0.315. The molecule has 0 bridgehead atoms. The van der Waals surface area contributed by atoms with Crippen molar-refractivity contribution in [1.82, 2.24) is 24.9 Å². The van der Waals surface area contributed by atoms with E-state index in [9.17, 15) is 0 Å². The summed E-state index contributed by atoms with van der Waals surface area (Å²) in [5.74, 6) is 0.888. The monoisotopic (exact) mass is 328 g/mol. The maximum atomic E-state index is 5.93. The highest BCUT2D eigenvalue weighted by Gasteiger charge is 2.14. The summed E-state index contributed by atoms with van der Waals surface area (Å²) in [6.07, 6.45) is 3.24. The number of hydrogen-bond acceptors (Lipinski definition) is 6. The molecule has 8 heteroatoms. The number of rotatable bonds is 2. The number of nitrogen functional groups attached to an aromatic ring is 1. The summed E-state index contributed by atoms with van der Waals surface area (Å²) in [5.41, 5.74) is 9.66. The Bertz CT molecular complexity index is 963. The number of aromatic amines is 1. The smallest absolute Gasteiger partial charge is 0.165 e. The molecule has 0 aliphatic rings. The van der Waals surface area contributed by atoms with E-state index in [1.54, 1.807) is 23.6 Å². The first-order valence-electron chi connectivity index (χ1n) is 6.38. The van der Waals surface area contributed by atoms with E-state index < -0.39 is 0 Å². The third-order valence-electron chi connectivity index (χ3n) is 3.16. The number of nitrogens with two attached hydrogens (primary N) is 1. The van der Waals surface area contributed by atoms with Crippen molar-refractivity contribution in [3.63, 3.8) is 0 Å². The lowest BCUT2D eigenvalue weighted by molar-refractivity contribution is 1.19. The van der Waals surface area contributed by atoms with Crippen molar-refractivity contribution in [2.24, 2.45) is 0 Å². The SMILES string of the molecule is Nc1cc(-c2ccsc2)nc(-c2c[nH]c3ncc(Cl)nc23)n1. The van der Waals surface area contributed by atoms with Crippen molar-refractivity contribution >= 4 is 39.9 Å². The van der Waals surface area contributed by atoms with Crippen LogP contribution in [-0.4, -0.2) is 24.9 Å². The summed E-state index contributed by atoms with van der Waals surface area (Å²) in [5, 5.41) is 4.32. The number of aromatic nitrogens is 5. The second-order valence-electron chi connectivity index (χ2n) is 4.61. The molecular formula is C14H9ClN6S. The standard InChI is InChI=1S/C14H9ClN6S/c15-10-5-18-14-12(20-10)8(4-17-14)13-19-9(3-11(16)21-13)7-1-2-22-6-7/h1-6H,(H,17,18)(H2,16,19,21). The van der Waals surface area contributed by atoms with Crippen LogP contribution in [0.3, 0.4) is 0 Å². The highest BCUT2D eigenvalue weighted by Crippen LogP contribution is 2.28. The van der Waals surface area contributed by atoms with Crippen LogP contribution in [0.15, 0.2) is 35.3 Å². The molecule has 0 atom stereocenters. The molecule has 6 nitrogen and oxygen atoms in total. The van der Waals surface area contributed by atoms with Crippen LogP contribution in [0.1, 0.15) is 0 Å². The first-order valence-corrected chi connectivity index (χ1v) is 7.70. The van der Waals surface area contributed by atoms with Gasteiger partial charge in [0, 0.05) is 23.2 Å². The van der Waals surface area contributed by atoms with Crippen LogP contribution in [0.4, 0.5) is 5.82 Å². The molecule has 3 N–H and O–H groups in total. The van der Waals surface area contributed by atoms with Gasteiger partial charge < -0.3 is 10.7 Å². The van der Waals surface area contributed by atoms with Crippen molar-refractivity contribution < 1.29 is 0 Å². The van der Waals surface area contributed by atoms with Crippen molar-refractivity contribution in [2.75, 3.05) is 5.73 Å². The van der Waals surface area contributed by atoms with Crippen molar-refractivity contribution in [3.8, 4) is 22.6 Å². The zero-order valence-electron chi connectivity index (χ0n) is 11.1. The molecule has 0 saturated heterocycles. The molecule has 4 rings (SSSR count). The van der Waals surface area contributed by atoms with Crippen LogP contribution in [-0.2, 0) is 0 Å². The normalized spacial score (nSPS) is 11.1. The fourth-order valence-corrected chi connectivity index (χ4v) is 2.97. The minimum Gasteiger partial charge on any atom is -0.384 e. The first-order chi connectivity index (χ1) is 10.7. The summed E-state index contributed by atoms with van der Waals surface area (Å²) in [6, 6.07) is 3.74. The summed E-state index contributed by atoms with van der Waals surface area (Å²) in [7, 11) is 0. The minimum atomic E-state index is 0.315. The molecule has 0 fully saturated rings. The van der Waals surface area contributed by atoms with Gasteiger partial charge in [-0.15, -0.1) is 0 Å². The Kier molecular flexibility index (Phi) is 3.02. The molecule has 22 heavy (non-hydrogen) atoms. The number of nitrogens with zero attached hydrogens (tertiary/aromatic N) is 4. The lowest BCUT2D eigenvalue weighted by atomic mass is 10.2. The van der Waals surface area contributed by atoms with E-state index in [0.717, 1.165) is 11.3 Å². The van der Waals surface area contributed by atoms with Crippen LogP contribution in [0.2, 0.25) is 5.15 Å². The molecule has 0 aliphatic carbocycles. The second-order valence-corrected chi connectivity index (χ2v) is 5.77. The van der Waals surface area contributed by atoms with Crippen LogP contribution in [0.5, 0.6) is 0 Å². The van der Waals surface area contributed by atoms with Gasteiger partial charge in [-0.25, -0.2) is 19.9 Å². The number of H-pyrrole nitrogens is 1. The molecule has 0 aromatic carbocycles. The van der Waals surface area contributed by atoms with E-state index in [-0.39, 0.29) is 0 Å². The van der Waals surface area contributed by atoms with E-state index in [2.05, 4.69) is 24.9 Å². The van der Waals surface area contributed by atoms with E-state index in [4.69, 9.17) is 17.3 Å². The van der Waals surface area contributed by atoms with Gasteiger partial charge in [-0.3, -0.25) is 0 Å². The van der Waals surface area contributed by atoms with E-state index in [1.165, 1.54) is 6.20 Å². The van der Waals surface area contributed by atoms with Gasteiger partial charge in [-0.2, -0.15) is 11.3 Å². The predicted octanol–water partition coefficient (Wildman–Crippen LogP) is 3.38. The van der Waals surface area contributed by atoms with Crippen LogP contribution >= 0.6 is 22.9 Å². The number of anilines is 1. The zero-order valence-corrected chi connectivity index (χ0v) is 12.7. The van der Waals surface area contributed by atoms with Gasteiger partial charge in [0.05, 0.1) is 17.5 Å². The Morgan fingerprint density at radius 1 is 1.23 bits per heavy atom. The molecule has 0 aliphatic heterocycles. The Morgan fingerprint density at radius 3 is 2.95 bits per heavy atom. The number of halogens is 1. The number of thiophene rings is 1. The van der Waals surface area contributed by atoms with E-state index >= 15 is 0 Å². The number of hydrogen-bond donors (Lipinski definition) is 2. The fraction of sp³-hybridized carbons (Fsp3) is 0. The molecule has 0 unspecified atom stereocenters. The molecule has 0 spiro atoms. The van der Waals surface area contributed by atoms with Gasteiger partial charge in [0.25, 0.3) is 0 Å². The fourth-order valence-electron chi connectivity index (χ4n) is 2.18. The predicted molar refractivity (Wildman–Crippen MR) is 87.7 cm³/mol. The summed E-state index contributed by atoms with van der Waals surface area (Å²) >= 11 is 7.53. The second kappa shape index (κ2) is 5.04. The molecule has 0 radical (unpaired) electrons. The van der Waals surface area contributed by atoms with E-state index in [1.807, 2.05) is 16.8 Å². The molecule has 0 saturated carbocycles. The van der Waals surface area contributed by atoms with Crippen molar-refractivity contribution in [2.45, 2.75) is 0 Å². The number of nitrogens with one attached hydrogen (secondary N) is 1. The molecule has 108 valence electrons. The summed E-state index contributed by atoms with van der Waals surface area (Å²) in [4.78, 5) is 20.4. The first kappa shape index (κ1) is 13.2. The Labute approximate surface area is 134 Å². The zero-order chi connectivity index (χ0) is 15.1. The van der Waals surface area contributed by atoms with Gasteiger partial charge in [0.15, 0.2) is 11.5 Å². The van der Waals surface area contributed by atoms with Gasteiger partial charge >= 0.3 is 0 Å². The molecule has 4 aromatic rings. The van der Waals surface area contributed by atoms with Crippen LogP contribution in [0.25, 0.3) is 33.8 Å². The lowest BCUT2D eigenvalue weighted by Gasteiger charge is -2.03. The third kappa shape index (κ3) is 2.20. The molecule has 0 amide bonds. The van der Waals surface area contributed by atoms with E-state index in [0.29, 0.717) is 33.5 Å².